The molecule has 6 nitrogen and oxygen atoms in total. The highest BCUT2D eigenvalue weighted by molar-refractivity contribution is 7.92. The molecule has 1 heterocycles. The van der Waals surface area contributed by atoms with Gasteiger partial charge in [0.15, 0.2) is 0 Å². The van der Waals surface area contributed by atoms with Crippen LogP contribution in [-0.4, -0.2) is 45.0 Å². The van der Waals surface area contributed by atoms with Crippen molar-refractivity contribution in [3.63, 3.8) is 0 Å². The summed E-state index contributed by atoms with van der Waals surface area (Å²) < 4.78 is 32.8. The Balaban J connectivity index is 1.79. The first-order valence-corrected chi connectivity index (χ1v) is 9.53. The van der Waals surface area contributed by atoms with Gasteiger partial charge in [-0.25, -0.2) is 8.42 Å². The summed E-state index contributed by atoms with van der Waals surface area (Å²) in [5.74, 6) is -0.129. The van der Waals surface area contributed by atoms with Gasteiger partial charge in [-0.2, -0.15) is 0 Å². The van der Waals surface area contributed by atoms with Crippen molar-refractivity contribution in [1.82, 2.24) is 4.90 Å². The number of amides is 1. The molecule has 1 fully saturated rings. The second-order valence-corrected chi connectivity index (χ2v) is 7.61. The zero-order valence-corrected chi connectivity index (χ0v) is 14.7. The standard InChI is InChI=1S/C18H20N2O4S/c1-14-13-20(10-11-24-14)18(21)15-6-5-7-16(12-15)19-25(22,23)17-8-3-2-4-9-17/h2-9,12,14,19H,10-11,13H2,1H3/t14-/m1/s1. The molecule has 1 N–H and O–H groups in total. The van der Waals surface area contributed by atoms with Crippen molar-refractivity contribution in [3.05, 3.63) is 60.2 Å². The van der Waals surface area contributed by atoms with E-state index in [-0.39, 0.29) is 16.9 Å². The molecular weight excluding hydrogens is 340 g/mol. The molecule has 1 atom stereocenters. The van der Waals surface area contributed by atoms with Crippen molar-refractivity contribution in [2.24, 2.45) is 0 Å². The topological polar surface area (TPSA) is 75.7 Å². The molecule has 2 aromatic rings. The van der Waals surface area contributed by atoms with Gasteiger partial charge in [-0.05, 0) is 37.3 Å². The summed E-state index contributed by atoms with van der Waals surface area (Å²) in [7, 11) is -3.68. The van der Waals surface area contributed by atoms with Crippen LogP contribution in [0.3, 0.4) is 0 Å². The summed E-state index contributed by atoms with van der Waals surface area (Å²) in [6, 6.07) is 14.6. The maximum Gasteiger partial charge on any atom is 0.261 e. The number of hydrogen-bond donors (Lipinski definition) is 1. The number of nitrogens with zero attached hydrogens (tertiary/aromatic N) is 1. The van der Waals surface area contributed by atoms with Crippen molar-refractivity contribution in [2.75, 3.05) is 24.4 Å². The Bertz CT molecular complexity index is 852. The highest BCUT2D eigenvalue weighted by atomic mass is 32.2. The third-order valence-electron chi connectivity index (χ3n) is 3.94. The van der Waals surface area contributed by atoms with E-state index in [2.05, 4.69) is 4.72 Å². The number of carbonyl (C=O) groups excluding carboxylic acids is 1. The molecule has 7 heteroatoms. The number of hydrogen-bond acceptors (Lipinski definition) is 4. The SMILES string of the molecule is C[C@@H]1CN(C(=O)c2cccc(NS(=O)(=O)c3ccccc3)c2)CCO1. The van der Waals surface area contributed by atoms with Crippen LogP contribution in [0.15, 0.2) is 59.5 Å². The zero-order valence-electron chi connectivity index (χ0n) is 13.9. The zero-order chi connectivity index (χ0) is 17.9. The van der Waals surface area contributed by atoms with E-state index in [4.69, 9.17) is 4.74 Å². The van der Waals surface area contributed by atoms with Crippen molar-refractivity contribution in [3.8, 4) is 0 Å². The van der Waals surface area contributed by atoms with Crippen LogP contribution in [0, 0.1) is 0 Å². The number of benzene rings is 2. The summed E-state index contributed by atoms with van der Waals surface area (Å²) in [6.45, 7) is 3.49. The highest BCUT2D eigenvalue weighted by Gasteiger charge is 2.23. The number of carbonyl (C=O) groups is 1. The smallest absolute Gasteiger partial charge is 0.261 e. The predicted octanol–water partition coefficient (Wildman–Crippen LogP) is 2.35. The molecule has 1 amide bonds. The van der Waals surface area contributed by atoms with Crippen LogP contribution < -0.4 is 4.72 Å². The number of sulfonamides is 1. The lowest BCUT2D eigenvalue weighted by molar-refractivity contribution is -0.0124. The molecule has 1 aliphatic heterocycles. The maximum atomic E-state index is 12.6. The molecule has 2 aromatic carbocycles. The number of nitrogens with one attached hydrogen (secondary N) is 1. The number of morpholine rings is 1. The van der Waals surface area contributed by atoms with E-state index in [0.29, 0.717) is 30.9 Å². The third kappa shape index (κ3) is 4.18. The van der Waals surface area contributed by atoms with E-state index in [1.165, 1.54) is 12.1 Å². The fraction of sp³-hybridized carbons (Fsp3) is 0.278. The van der Waals surface area contributed by atoms with Gasteiger partial charge in [-0.15, -0.1) is 0 Å². The minimum atomic E-state index is -3.68. The fourth-order valence-electron chi connectivity index (χ4n) is 2.71. The Morgan fingerprint density at radius 1 is 1.16 bits per heavy atom. The molecule has 0 radical (unpaired) electrons. The maximum absolute atomic E-state index is 12.6. The van der Waals surface area contributed by atoms with Crippen molar-refractivity contribution >= 4 is 21.6 Å². The largest absolute Gasteiger partial charge is 0.375 e. The highest BCUT2D eigenvalue weighted by Crippen LogP contribution is 2.19. The van der Waals surface area contributed by atoms with Gasteiger partial charge in [0.05, 0.1) is 17.6 Å². The molecular formula is C18H20N2O4S. The number of ether oxygens (including phenoxy) is 1. The average molecular weight is 360 g/mol. The Morgan fingerprint density at radius 3 is 2.64 bits per heavy atom. The average Bonchev–Trinajstić information content (AvgIpc) is 2.62. The summed E-state index contributed by atoms with van der Waals surface area (Å²) in [5.41, 5.74) is 0.804. The van der Waals surface area contributed by atoms with Crippen LogP contribution in [0.2, 0.25) is 0 Å². The quantitative estimate of drug-likeness (QED) is 0.908. The van der Waals surface area contributed by atoms with Gasteiger partial charge in [0.2, 0.25) is 0 Å². The van der Waals surface area contributed by atoms with E-state index >= 15 is 0 Å². The van der Waals surface area contributed by atoms with Gasteiger partial charge in [0.25, 0.3) is 15.9 Å². The molecule has 132 valence electrons. The monoisotopic (exact) mass is 360 g/mol. The van der Waals surface area contributed by atoms with Crippen molar-refractivity contribution < 1.29 is 17.9 Å². The molecule has 0 aliphatic carbocycles. The Hall–Kier alpha value is -2.38. The number of anilines is 1. The first-order chi connectivity index (χ1) is 12.0. The second-order valence-electron chi connectivity index (χ2n) is 5.93. The fourth-order valence-corrected chi connectivity index (χ4v) is 3.79. The van der Waals surface area contributed by atoms with Gasteiger partial charge in [0.1, 0.15) is 0 Å². The van der Waals surface area contributed by atoms with Crippen molar-refractivity contribution in [1.29, 1.82) is 0 Å². The summed E-state index contributed by atoms with van der Waals surface area (Å²) in [6.07, 6.45) is -0.00235. The van der Waals surface area contributed by atoms with Gasteiger partial charge < -0.3 is 9.64 Å². The summed E-state index contributed by atoms with van der Waals surface area (Å²) >= 11 is 0. The molecule has 1 aliphatic rings. The minimum Gasteiger partial charge on any atom is -0.375 e. The van der Waals surface area contributed by atoms with Crippen LogP contribution >= 0.6 is 0 Å². The first-order valence-electron chi connectivity index (χ1n) is 8.04. The van der Waals surface area contributed by atoms with E-state index < -0.39 is 10.0 Å². The molecule has 0 aromatic heterocycles. The van der Waals surface area contributed by atoms with Crippen LogP contribution in [-0.2, 0) is 14.8 Å². The number of rotatable bonds is 4. The third-order valence-corrected chi connectivity index (χ3v) is 5.34. The van der Waals surface area contributed by atoms with Gasteiger partial charge in [0, 0.05) is 24.3 Å². The lowest BCUT2D eigenvalue weighted by Crippen LogP contribution is -2.44. The Morgan fingerprint density at radius 2 is 1.92 bits per heavy atom. The van der Waals surface area contributed by atoms with E-state index in [9.17, 15) is 13.2 Å². The summed E-state index contributed by atoms with van der Waals surface area (Å²) in [5, 5.41) is 0. The van der Waals surface area contributed by atoms with Crippen LogP contribution in [0.25, 0.3) is 0 Å². The minimum absolute atomic E-state index is 0.00235. The molecule has 0 spiro atoms. The van der Waals surface area contributed by atoms with Crippen LogP contribution in [0.5, 0.6) is 0 Å². The molecule has 0 unspecified atom stereocenters. The Labute approximate surface area is 147 Å². The normalized spacial score (nSPS) is 18.0. The van der Waals surface area contributed by atoms with Gasteiger partial charge >= 0.3 is 0 Å². The lowest BCUT2D eigenvalue weighted by Gasteiger charge is -2.31. The van der Waals surface area contributed by atoms with E-state index in [0.717, 1.165) is 0 Å². The molecule has 1 saturated heterocycles. The molecule has 25 heavy (non-hydrogen) atoms. The predicted molar refractivity (Wildman–Crippen MR) is 95.0 cm³/mol. The van der Waals surface area contributed by atoms with E-state index in [1.54, 1.807) is 47.4 Å². The molecule has 3 rings (SSSR count). The second kappa shape index (κ2) is 7.25. The van der Waals surface area contributed by atoms with Gasteiger partial charge in [-0.1, -0.05) is 24.3 Å². The first kappa shape index (κ1) is 17.4. The molecule has 0 bridgehead atoms. The van der Waals surface area contributed by atoms with Crippen LogP contribution in [0.1, 0.15) is 17.3 Å². The molecule has 0 saturated carbocycles. The Kier molecular flexibility index (Phi) is 5.06. The van der Waals surface area contributed by atoms with E-state index in [1.807, 2.05) is 6.92 Å². The van der Waals surface area contributed by atoms with Crippen molar-refractivity contribution in [2.45, 2.75) is 17.9 Å². The summed E-state index contributed by atoms with van der Waals surface area (Å²) in [4.78, 5) is 14.5. The van der Waals surface area contributed by atoms with Crippen LogP contribution in [0.4, 0.5) is 5.69 Å². The lowest BCUT2D eigenvalue weighted by atomic mass is 10.1. The van der Waals surface area contributed by atoms with Gasteiger partial charge in [-0.3, -0.25) is 9.52 Å².